The second-order valence-corrected chi connectivity index (χ2v) is 11.9. The van der Waals surface area contributed by atoms with Crippen molar-refractivity contribution in [3.63, 3.8) is 0 Å². The Morgan fingerprint density at radius 3 is 1.68 bits per heavy atom. The summed E-state index contributed by atoms with van der Waals surface area (Å²) in [6, 6.07) is -0.810. The van der Waals surface area contributed by atoms with Gasteiger partial charge in [-0.3, -0.25) is 4.79 Å². The highest BCUT2D eigenvalue weighted by Crippen LogP contribution is 2.14. The number of nitrogens with one attached hydrogen (secondary N) is 1. The van der Waals surface area contributed by atoms with E-state index in [1.165, 1.54) is 108 Å². The third-order valence-corrected chi connectivity index (χ3v) is 7.90. The van der Waals surface area contributed by atoms with Gasteiger partial charge in [-0.2, -0.15) is 0 Å². The summed E-state index contributed by atoms with van der Waals surface area (Å²) in [7, 11) is 0. The maximum Gasteiger partial charge on any atom is 0.249 e. The molecule has 0 heterocycles. The molecule has 0 aliphatic rings. The minimum atomic E-state index is -1.10. The third-order valence-electron chi connectivity index (χ3n) is 7.90. The molecular formula is C35H67NO4. The lowest BCUT2D eigenvalue weighted by molar-refractivity contribution is -0.131. The first-order valence-electron chi connectivity index (χ1n) is 17.1. The van der Waals surface area contributed by atoms with Crippen molar-refractivity contribution in [2.24, 2.45) is 0 Å². The number of amides is 1. The Balaban J connectivity index is 3.95. The Bertz CT molecular complexity index is 619. The average molecular weight is 566 g/mol. The predicted octanol–water partition coefficient (Wildman–Crippen LogP) is 8.70. The molecule has 1 amide bonds. The number of carbonyl (C=O) groups is 1. The predicted molar refractivity (Wildman–Crippen MR) is 171 cm³/mol. The van der Waals surface area contributed by atoms with Crippen LogP contribution in [0, 0.1) is 0 Å². The van der Waals surface area contributed by atoms with E-state index >= 15 is 0 Å². The summed E-state index contributed by atoms with van der Waals surface area (Å²) in [4.78, 5) is 12.4. The molecule has 5 nitrogen and oxygen atoms in total. The van der Waals surface area contributed by atoms with Gasteiger partial charge in [-0.1, -0.05) is 153 Å². The minimum absolute atomic E-state index is 0.375. The number of hydrogen-bond donors (Lipinski definition) is 4. The maximum atomic E-state index is 12.4. The van der Waals surface area contributed by atoms with Gasteiger partial charge in [0.05, 0.1) is 18.8 Å². The molecule has 0 unspecified atom stereocenters. The van der Waals surface area contributed by atoms with Gasteiger partial charge >= 0.3 is 0 Å². The molecule has 0 aliphatic heterocycles. The standard InChI is InChI=1S/C35H67NO4/c1-4-6-8-10-12-13-14-15-16-18-20-24-29-34(39)35(40)36-32(30-37)33(38)28-25-21-23-27-31(3)26-22-19-17-11-9-7-5-2/h25,27-28,32-34,37-39H,4-24,26,29-30H2,1-3H3,(H,36,40)/b28-25+,31-27+/t32-,33+,34+/m0/s1. The van der Waals surface area contributed by atoms with E-state index in [1.54, 1.807) is 6.08 Å². The van der Waals surface area contributed by atoms with Gasteiger partial charge in [0.25, 0.3) is 0 Å². The molecule has 3 atom stereocenters. The van der Waals surface area contributed by atoms with Crippen LogP contribution in [0.1, 0.15) is 168 Å². The number of allylic oxidation sites excluding steroid dienone is 3. The van der Waals surface area contributed by atoms with Gasteiger partial charge in [-0.25, -0.2) is 0 Å². The van der Waals surface area contributed by atoms with E-state index in [-0.39, 0.29) is 6.61 Å². The number of carbonyl (C=O) groups excluding carboxylic acids is 1. The molecule has 0 aliphatic carbocycles. The van der Waals surface area contributed by atoms with Crippen molar-refractivity contribution in [3.8, 4) is 0 Å². The minimum Gasteiger partial charge on any atom is -0.394 e. The zero-order chi connectivity index (χ0) is 29.7. The molecule has 0 radical (unpaired) electrons. The van der Waals surface area contributed by atoms with E-state index < -0.39 is 24.2 Å². The summed E-state index contributed by atoms with van der Waals surface area (Å²) in [6.07, 6.45) is 31.2. The van der Waals surface area contributed by atoms with Gasteiger partial charge in [0.15, 0.2) is 0 Å². The monoisotopic (exact) mass is 566 g/mol. The summed E-state index contributed by atoms with van der Waals surface area (Å²) >= 11 is 0. The number of aliphatic hydroxyl groups excluding tert-OH is 3. The van der Waals surface area contributed by atoms with Crippen LogP contribution in [0.25, 0.3) is 0 Å². The lowest BCUT2D eigenvalue weighted by Gasteiger charge is -2.21. The zero-order valence-electron chi connectivity index (χ0n) is 26.7. The topological polar surface area (TPSA) is 89.8 Å². The second-order valence-electron chi connectivity index (χ2n) is 11.9. The highest BCUT2D eigenvalue weighted by atomic mass is 16.3. The van der Waals surface area contributed by atoms with Gasteiger partial charge in [-0.05, 0) is 39.0 Å². The molecule has 236 valence electrons. The van der Waals surface area contributed by atoms with Crippen LogP contribution in [0.4, 0.5) is 0 Å². The molecule has 0 saturated carbocycles. The second kappa shape index (κ2) is 29.3. The molecule has 0 bridgehead atoms. The van der Waals surface area contributed by atoms with Crippen LogP contribution < -0.4 is 5.32 Å². The van der Waals surface area contributed by atoms with Crippen LogP contribution in [-0.4, -0.2) is 46.1 Å². The lowest BCUT2D eigenvalue weighted by atomic mass is 10.0. The molecule has 5 heteroatoms. The molecule has 4 N–H and O–H groups in total. The third kappa shape index (κ3) is 24.6. The Morgan fingerprint density at radius 1 is 0.700 bits per heavy atom. The number of rotatable bonds is 29. The van der Waals surface area contributed by atoms with E-state index in [0.717, 1.165) is 38.5 Å². The molecule has 0 aromatic heterocycles. The van der Waals surface area contributed by atoms with Crippen LogP contribution in [-0.2, 0) is 4.79 Å². The van der Waals surface area contributed by atoms with E-state index in [2.05, 4.69) is 32.2 Å². The molecule has 40 heavy (non-hydrogen) atoms. The maximum absolute atomic E-state index is 12.4. The van der Waals surface area contributed by atoms with Gasteiger partial charge in [0.2, 0.25) is 5.91 Å². The molecule has 0 fully saturated rings. The Morgan fingerprint density at radius 2 is 1.18 bits per heavy atom. The average Bonchev–Trinajstić information content (AvgIpc) is 2.95. The molecule has 0 saturated heterocycles. The Kier molecular flexibility index (Phi) is 28.5. The van der Waals surface area contributed by atoms with Crippen molar-refractivity contribution in [3.05, 3.63) is 23.8 Å². The van der Waals surface area contributed by atoms with Gasteiger partial charge in [-0.15, -0.1) is 0 Å². The van der Waals surface area contributed by atoms with Crippen molar-refractivity contribution >= 4 is 5.91 Å². The highest BCUT2D eigenvalue weighted by molar-refractivity contribution is 5.80. The van der Waals surface area contributed by atoms with E-state index in [4.69, 9.17) is 0 Å². The first-order valence-corrected chi connectivity index (χ1v) is 17.1. The summed E-state index contributed by atoms with van der Waals surface area (Å²) in [6.45, 7) is 6.32. The molecule has 0 aromatic rings. The fourth-order valence-electron chi connectivity index (χ4n) is 5.09. The van der Waals surface area contributed by atoms with Crippen molar-refractivity contribution in [1.29, 1.82) is 0 Å². The summed E-state index contributed by atoms with van der Waals surface area (Å²) in [5.41, 5.74) is 1.42. The Hall–Kier alpha value is -1.17. The van der Waals surface area contributed by atoms with Crippen molar-refractivity contribution in [1.82, 2.24) is 5.32 Å². The van der Waals surface area contributed by atoms with E-state index in [0.29, 0.717) is 6.42 Å². The molecule has 0 aromatic carbocycles. The first-order chi connectivity index (χ1) is 19.5. The number of hydrogen-bond acceptors (Lipinski definition) is 4. The van der Waals surface area contributed by atoms with Crippen molar-refractivity contribution in [2.75, 3.05) is 6.61 Å². The zero-order valence-corrected chi connectivity index (χ0v) is 26.7. The fraction of sp³-hybridized carbons (Fsp3) is 0.857. The fourth-order valence-corrected chi connectivity index (χ4v) is 5.09. The lowest BCUT2D eigenvalue weighted by Crippen LogP contribution is -2.48. The van der Waals surface area contributed by atoms with E-state index in [1.807, 2.05) is 6.08 Å². The normalized spacial score (nSPS) is 14.5. The van der Waals surface area contributed by atoms with Crippen LogP contribution >= 0.6 is 0 Å². The first kappa shape index (κ1) is 38.8. The number of unbranched alkanes of at least 4 members (excludes halogenated alkanes) is 18. The van der Waals surface area contributed by atoms with Crippen molar-refractivity contribution in [2.45, 2.75) is 187 Å². The highest BCUT2D eigenvalue weighted by Gasteiger charge is 2.22. The van der Waals surface area contributed by atoms with Crippen molar-refractivity contribution < 1.29 is 20.1 Å². The van der Waals surface area contributed by atoms with Crippen LogP contribution in [0.5, 0.6) is 0 Å². The largest absolute Gasteiger partial charge is 0.394 e. The quantitative estimate of drug-likeness (QED) is 0.0539. The molecule has 0 rings (SSSR count). The number of aliphatic hydroxyl groups is 3. The summed E-state index contributed by atoms with van der Waals surface area (Å²) in [5, 5.41) is 32.9. The van der Waals surface area contributed by atoms with Gasteiger partial charge in [0.1, 0.15) is 6.10 Å². The SMILES string of the molecule is CCCCCCCCCCCCCC[C@@H](O)C(=O)N[C@@H](CO)[C@H](O)/C=C/CC/C=C(\C)CCCCCCCCC. The van der Waals surface area contributed by atoms with E-state index in [9.17, 15) is 20.1 Å². The summed E-state index contributed by atoms with van der Waals surface area (Å²) in [5.74, 6) is -0.515. The Labute approximate surface area is 248 Å². The smallest absolute Gasteiger partial charge is 0.249 e. The van der Waals surface area contributed by atoms with Crippen LogP contribution in [0.2, 0.25) is 0 Å². The van der Waals surface area contributed by atoms with Crippen LogP contribution in [0.15, 0.2) is 23.8 Å². The summed E-state index contributed by atoms with van der Waals surface area (Å²) < 4.78 is 0. The van der Waals surface area contributed by atoms with Crippen LogP contribution in [0.3, 0.4) is 0 Å². The molecule has 0 spiro atoms. The van der Waals surface area contributed by atoms with Gasteiger partial charge < -0.3 is 20.6 Å². The van der Waals surface area contributed by atoms with Gasteiger partial charge in [0, 0.05) is 0 Å². The molecular weight excluding hydrogens is 498 g/mol.